The van der Waals surface area contributed by atoms with Crippen molar-refractivity contribution in [3.8, 4) is 0 Å². The molecule has 0 radical (unpaired) electrons. The molecule has 1 aliphatic heterocycles. The minimum absolute atomic E-state index is 0.0189. The first kappa shape index (κ1) is 34.4. The van der Waals surface area contributed by atoms with Gasteiger partial charge in [-0.15, -0.1) is 0 Å². The smallest absolute Gasteiger partial charge is 0.335 e. The fourth-order valence-electron chi connectivity index (χ4n) is 11.1. The molecule has 4 saturated carbocycles. The molecule has 5 aliphatic rings. The maximum atomic E-state index is 13.5. The first-order chi connectivity index (χ1) is 21.1. The highest BCUT2D eigenvalue weighted by Gasteiger charge is 2.74. The van der Waals surface area contributed by atoms with Crippen LogP contribution < -0.4 is 0 Å². The molecular formula is C36H56O9. The van der Waals surface area contributed by atoms with E-state index in [1.165, 1.54) is 6.92 Å². The van der Waals surface area contributed by atoms with Gasteiger partial charge in [0.1, 0.15) is 12.2 Å². The van der Waals surface area contributed by atoms with Gasteiger partial charge in [0, 0.05) is 30.4 Å². The summed E-state index contributed by atoms with van der Waals surface area (Å²) in [5, 5.41) is 34.2. The van der Waals surface area contributed by atoms with Gasteiger partial charge in [0.05, 0.1) is 12.2 Å². The lowest BCUT2D eigenvalue weighted by Gasteiger charge is -2.70. The Hall–Kier alpha value is -1.97. The number of fused-ring (bicyclic) bond motifs is 5. The lowest BCUT2D eigenvalue weighted by Crippen LogP contribution is -2.72. The Labute approximate surface area is 268 Å². The molecule has 45 heavy (non-hydrogen) atoms. The van der Waals surface area contributed by atoms with Crippen molar-refractivity contribution < 1.29 is 43.9 Å². The zero-order valence-corrected chi connectivity index (χ0v) is 28.3. The molecule has 1 heterocycles. The number of aliphatic hydroxyl groups is 2. The van der Waals surface area contributed by atoms with Crippen LogP contribution in [0.5, 0.6) is 0 Å². The predicted molar refractivity (Wildman–Crippen MR) is 167 cm³/mol. The van der Waals surface area contributed by atoms with Crippen LogP contribution in [0.3, 0.4) is 0 Å². The number of carbonyl (C=O) groups is 3. The maximum Gasteiger partial charge on any atom is 0.335 e. The van der Waals surface area contributed by atoms with E-state index in [0.29, 0.717) is 49.4 Å². The molecule has 5 rings (SSSR count). The number of rotatable bonds is 8. The molecule has 5 fully saturated rings. The summed E-state index contributed by atoms with van der Waals surface area (Å²) in [4.78, 5) is 38.8. The Morgan fingerprint density at radius 3 is 2.36 bits per heavy atom. The van der Waals surface area contributed by atoms with Crippen molar-refractivity contribution in [3.63, 3.8) is 0 Å². The van der Waals surface area contributed by atoms with Crippen LogP contribution in [0.25, 0.3) is 0 Å². The average molecular weight is 633 g/mol. The van der Waals surface area contributed by atoms with Crippen LogP contribution in [-0.4, -0.2) is 70.4 Å². The van der Waals surface area contributed by atoms with Crippen molar-refractivity contribution in [2.24, 2.45) is 45.8 Å². The quantitative estimate of drug-likeness (QED) is 0.236. The number of hydrogen-bond donors (Lipinski definition) is 3. The molecule has 0 aromatic heterocycles. The van der Waals surface area contributed by atoms with E-state index in [1.54, 1.807) is 0 Å². The molecule has 3 N–H and O–H groups in total. The third-order valence-corrected chi connectivity index (χ3v) is 13.4. The lowest BCUT2D eigenvalue weighted by atomic mass is 9.35. The summed E-state index contributed by atoms with van der Waals surface area (Å²) < 4.78 is 17.9. The van der Waals surface area contributed by atoms with Crippen LogP contribution in [0, 0.1) is 45.8 Å². The monoisotopic (exact) mass is 632 g/mol. The molecule has 0 aromatic carbocycles. The predicted octanol–water partition coefficient (Wildman–Crippen LogP) is 5.45. The summed E-state index contributed by atoms with van der Waals surface area (Å²) in [5.41, 5.74) is -0.762. The highest BCUT2D eigenvalue weighted by atomic mass is 16.6. The molecule has 254 valence electrons. The molecule has 12 atom stereocenters. The number of carboxylic acid groups (broad SMARTS) is 1. The zero-order chi connectivity index (χ0) is 33.1. The third-order valence-electron chi connectivity index (χ3n) is 13.4. The fourth-order valence-corrected chi connectivity index (χ4v) is 11.1. The molecule has 12 unspecified atom stereocenters. The normalized spacial score (nSPS) is 45.3. The minimum Gasteiger partial charge on any atom is -0.478 e. The van der Waals surface area contributed by atoms with Crippen molar-refractivity contribution in [1.82, 2.24) is 0 Å². The van der Waals surface area contributed by atoms with Gasteiger partial charge in [-0.2, -0.15) is 0 Å². The van der Waals surface area contributed by atoms with Gasteiger partial charge in [0.25, 0.3) is 0 Å². The number of esters is 2. The average Bonchev–Trinajstić information content (AvgIpc) is 3.59. The first-order valence-electron chi connectivity index (χ1n) is 17.4. The van der Waals surface area contributed by atoms with Crippen LogP contribution in [-0.2, 0) is 28.6 Å². The summed E-state index contributed by atoms with van der Waals surface area (Å²) in [7, 11) is 0. The summed E-state index contributed by atoms with van der Waals surface area (Å²) in [5.74, 6) is -2.10. The molecule has 4 aliphatic carbocycles. The molecular weight excluding hydrogens is 576 g/mol. The van der Waals surface area contributed by atoms with E-state index in [9.17, 15) is 29.7 Å². The topological polar surface area (TPSA) is 140 Å². The number of ether oxygens (including phenoxy) is 3. The Morgan fingerprint density at radius 2 is 1.76 bits per heavy atom. The van der Waals surface area contributed by atoms with E-state index < -0.39 is 59.3 Å². The second kappa shape index (κ2) is 12.6. The molecule has 0 aromatic rings. The van der Waals surface area contributed by atoms with E-state index in [1.807, 2.05) is 6.92 Å². The Kier molecular flexibility index (Phi) is 9.60. The second-order valence-corrected chi connectivity index (χ2v) is 16.1. The van der Waals surface area contributed by atoms with Crippen molar-refractivity contribution in [2.75, 3.05) is 6.61 Å². The van der Waals surface area contributed by atoms with Gasteiger partial charge in [0.15, 0.2) is 6.10 Å². The highest BCUT2D eigenvalue weighted by molar-refractivity contribution is 5.88. The van der Waals surface area contributed by atoms with E-state index >= 15 is 0 Å². The van der Waals surface area contributed by atoms with Gasteiger partial charge >= 0.3 is 17.9 Å². The number of carbonyl (C=O) groups excluding carboxylic acids is 2. The maximum absolute atomic E-state index is 13.5. The summed E-state index contributed by atoms with van der Waals surface area (Å²) >= 11 is 0. The summed E-state index contributed by atoms with van der Waals surface area (Å²) in [6.07, 6.45) is 2.74. The van der Waals surface area contributed by atoms with Gasteiger partial charge in [-0.25, -0.2) is 9.59 Å². The van der Waals surface area contributed by atoms with Crippen molar-refractivity contribution in [3.05, 3.63) is 11.1 Å². The van der Waals surface area contributed by atoms with Gasteiger partial charge in [-0.05, 0) is 97.9 Å². The van der Waals surface area contributed by atoms with E-state index in [-0.39, 0.29) is 29.1 Å². The highest BCUT2D eigenvalue weighted by Crippen LogP contribution is 2.74. The molecule has 9 heteroatoms. The van der Waals surface area contributed by atoms with Gasteiger partial charge in [0.2, 0.25) is 0 Å². The number of carboxylic acids is 1. The number of aliphatic carboxylic acids is 1. The van der Waals surface area contributed by atoms with E-state index in [2.05, 4.69) is 34.6 Å². The van der Waals surface area contributed by atoms with Gasteiger partial charge in [-0.3, -0.25) is 4.79 Å². The third kappa shape index (κ3) is 5.56. The Bertz CT molecular complexity index is 1190. The van der Waals surface area contributed by atoms with Crippen LogP contribution in [0.4, 0.5) is 0 Å². The van der Waals surface area contributed by atoms with Crippen LogP contribution >= 0.6 is 0 Å². The summed E-state index contributed by atoms with van der Waals surface area (Å²) in [6, 6.07) is 0. The SMILES string of the molecule is CC(=O)OC1CC2(C)C(CCC3C4(C)CCC(O)C(C)C4C(OC(=O)C4CCCO4)C(O)C32C)/C1=C(\CCCC(C)C)C(=O)O. The number of hydrogen-bond acceptors (Lipinski definition) is 8. The van der Waals surface area contributed by atoms with Crippen molar-refractivity contribution in [1.29, 1.82) is 0 Å². The summed E-state index contributed by atoms with van der Waals surface area (Å²) in [6.45, 7) is 14.6. The molecule has 9 nitrogen and oxygen atoms in total. The Balaban J connectivity index is 1.62. The largest absolute Gasteiger partial charge is 0.478 e. The molecule has 0 amide bonds. The Morgan fingerprint density at radius 1 is 1.04 bits per heavy atom. The van der Waals surface area contributed by atoms with Gasteiger partial charge < -0.3 is 29.5 Å². The van der Waals surface area contributed by atoms with Gasteiger partial charge in [-0.1, -0.05) is 48.0 Å². The molecule has 0 bridgehead atoms. The second-order valence-electron chi connectivity index (χ2n) is 16.1. The zero-order valence-electron chi connectivity index (χ0n) is 28.3. The van der Waals surface area contributed by atoms with Crippen LogP contribution in [0.2, 0.25) is 0 Å². The van der Waals surface area contributed by atoms with Crippen LogP contribution in [0.1, 0.15) is 113 Å². The first-order valence-corrected chi connectivity index (χ1v) is 17.4. The van der Waals surface area contributed by atoms with E-state index in [4.69, 9.17) is 14.2 Å². The fraction of sp³-hybridized carbons (Fsp3) is 0.861. The van der Waals surface area contributed by atoms with E-state index in [0.717, 1.165) is 38.5 Å². The number of aliphatic hydroxyl groups excluding tert-OH is 2. The standard InChI is InChI=1S/C36H56O9/c1-19(2)10-8-11-22(32(40)41)28-23-13-14-27-34(5)16-15-24(38)20(3)29(34)30(45-33(42)25-12-9-17-43-25)31(39)36(27,7)35(23,6)18-26(28)44-21(4)37/h19-20,23-27,29-31,38-39H,8-18H2,1-7H3,(H,40,41)/b28-22-. The van der Waals surface area contributed by atoms with Crippen molar-refractivity contribution in [2.45, 2.75) is 143 Å². The minimum atomic E-state index is -1.07. The molecule has 0 spiro atoms. The lowest BCUT2D eigenvalue weighted by molar-refractivity contribution is -0.289. The van der Waals surface area contributed by atoms with Crippen LogP contribution in [0.15, 0.2) is 11.1 Å². The molecule has 1 saturated heterocycles. The van der Waals surface area contributed by atoms with Crippen molar-refractivity contribution >= 4 is 17.9 Å².